The van der Waals surface area contributed by atoms with Crippen LogP contribution in [0.25, 0.3) is 0 Å². The number of thiophene rings is 1. The van der Waals surface area contributed by atoms with Crippen molar-refractivity contribution >= 4 is 17.1 Å². The molecule has 0 radical (unpaired) electrons. The molecule has 1 heterocycles. The molecular formula is C14H17NOS. The predicted molar refractivity (Wildman–Crippen MR) is 68.9 cm³/mol. The van der Waals surface area contributed by atoms with Crippen LogP contribution in [0.4, 0.5) is 0 Å². The Balaban J connectivity index is 1.87. The fraction of sp³-hybridized carbons (Fsp3) is 0.571. The Bertz CT molecular complexity index is 398. The quantitative estimate of drug-likeness (QED) is 0.792. The second-order valence-electron chi connectivity index (χ2n) is 4.73. The molecule has 0 aliphatic heterocycles. The molecule has 2 rings (SSSR count). The summed E-state index contributed by atoms with van der Waals surface area (Å²) in [4.78, 5) is 12.9. The normalized spacial score (nSPS) is 17.8. The van der Waals surface area contributed by atoms with Crippen molar-refractivity contribution in [2.24, 2.45) is 5.92 Å². The molecule has 1 saturated carbocycles. The maximum Gasteiger partial charge on any atom is 0.155 e. The molecule has 17 heavy (non-hydrogen) atoms. The van der Waals surface area contributed by atoms with Gasteiger partial charge in [-0.2, -0.15) is 5.26 Å². The van der Waals surface area contributed by atoms with Crippen LogP contribution in [0, 0.1) is 17.2 Å². The number of carbonyl (C=O) groups is 1. The number of hydrogen-bond donors (Lipinski definition) is 0. The van der Waals surface area contributed by atoms with Gasteiger partial charge in [-0.3, -0.25) is 4.79 Å². The average molecular weight is 247 g/mol. The van der Waals surface area contributed by atoms with Crippen LogP contribution in [0.2, 0.25) is 0 Å². The van der Waals surface area contributed by atoms with Crippen molar-refractivity contribution in [3.63, 3.8) is 0 Å². The summed E-state index contributed by atoms with van der Waals surface area (Å²) in [6.45, 7) is 0. The molecular weight excluding hydrogens is 230 g/mol. The van der Waals surface area contributed by atoms with Gasteiger partial charge in [0.05, 0.1) is 6.07 Å². The third-order valence-electron chi connectivity index (χ3n) is 3.55. The summed E-state index contributed by atoms with van der Waals surface area (Å²) < 4.78 is 0. The van der Waals surface area contributed by atoms with Crippen molar-refractivity contribution in [3.8, 4) is 6.07 Å². The Morgan fingerprint density at radius 1 is 1.53 bits per heavy atom. The van der Waals surface area contributed by atoms with Crippen LogP contribution in [0.15, 0.2) is 17.5 Å². The van der Waals surface area contributed by atoms with E-state index in [0.717, 1.165) is 17.2 Å². The molecule has 3 heteroatoms. The number of hydrogen-bond acceptors (Lipinski definition) is 3. The Morgan fingerprint density at radius 3 is 2.88 bits per heavy atom. The lowest BCUT2D eigenvalue weighted by Crippen LogP contribution is -2.11. The summed E-state index contributed by atoms with van der Waals surface area (Å²) >= 11 is 1.50. The van der Waals surface area contributed by atoms with E-state index in [1.807, 2.05) is 17.5 Å². The molecule has 1 unspecified atom stereocenters. The minimum Gasteiger partial charge on any atom is -0.298 e. The lowest BCUT2D eigenvalue weighted by atomic mass is 9.94. The van der Waals surface area contributed by atoms with Gasteiger partial charge in [-0.05, 0) is 23.8 Å². The van der Waals surface area contributed by atoms with Crippen LogP contribution in [0.5, 0.6) is 0 Å². The molecule has 2 nitrogen and oxygen atoms in total. The van der Waals surface area contributed by atoms with Crippen LogP contribution in [0.1, 0.15) is 49.3 Å². The Hall–Kier alpha value is -1.14. The Morgan fingerprint density at radius 2 is 2.29 bits per heavy atom. The summed E-state index contributed by atoms with van der Waals surface area (Å²) in [6.07, 6.45) is 6.70. The van der Waals surface area contributed by atoms with Crippen LogP contribution in [-0.4, -0.2) is 5.78 Å². The van der Waals surface area contributed by atoms with Gasteiger partial charge in [0.1, 0.15) is 5.92 Å². The van der Waals surface area contributed by atoms with E-state index in [1.165, 1.54) is 37.0 Å². The van der Waals surface area contributed by atoms with E-state index in [0.29, 0.717) is 6.42 Å². The lowest BCUT2D eigenvalue weighted by Gasteiger charge is -2.09. The highest BCUT2D eigenvalue weighted by Gasteiger charge is 2.23. The second-order valence-corrected chi connectivity index (χ2v) is 5.71. The van der Waals surface area contributed by atoms with Crippen LogP contribution in [-0.2, 0) is 4.79 Å². The number of carbonyl (C=O) groups excluding carboxylic acids is 1. The topological polar surface area (TPSA) is 40.9 Å². The molecule has 1 fully saturated rings. The smallest absolute Gasteiger partial charge is 0.155 e. The van der Waals surface area contributed by atoms with E-state index in [-0.39, 0.29) is 5.78 Å². The zero-order valence-corrected chi connectivity index (χ0v) is 10.7. The maximum absolute atomic E-state index is 12.0. The van der Waals surface area contributed by atoms with E-state index < -0.39 is 5.92 Å². The molecule has 1 atom stereocenters. The van der Waals surface area contributed by atoms with Crippen molar-refractivity contribution in [1.82, 2.24) is 0 Å². The monoisotopic (exact) mass is 247 g/mol. The number of nitriles is 1. The van der Waals surface area contributed by atoms with E-state index in [9.17, 15) is 4.79 Å². The van der Waals surface area contributed by atoms with Gasteiger partial charge in [0.2, 0.25) is 0 Å². The molecule has 0 amide bonds. The van der Waals surface area contributed by atoms with E-state index in [1.54, 1.807) is 0 Å². The minimum absolute atomic E-state index is 0.0989. The molecule has 0 saturated heterocycles. The average Bonchev–Trinajstić information content (AvgIpc) is 3.00. The molecule has 90 valence electrons. The highest BCUT2D eigenvalue weighted by atomic mass is 32.1. The van der Waals surface area contributed by atoms with E-state index >= 15 is 0 Å². The predicted octanol–water partition coefficient (Wildman–Crippen LogP) is 3.89. The van der Waals surface area contributed by atoms with Gasteiger partial charge in [0, 0.05) is 11.3 Å². The first-order valence-corrected chi connectivity index (χ1v) is 7.15. The summed E-state index contributed by atoms with van der Waals surface area (Å²) in [5, 5.41) is 11.0. The van der Waals surface area contributed by atoms with Gasteiger partial charge in [-0.15, -0.1) is 11.3 Å². The first-order chi connectivity index (χ1) is 8.31. The largest absolute Gasteiger partial charge is 0.298 e. The first-order valence-electron chi connectivity index (χ1n) is 6.27. The van der Waals surface area contributed by atoms with Crippen molar-refractivity contribution in [2.75, 3.05) is 0 Å². The maximum atomic E-state index is 12.0. The zero-order chi connectivity index (χ0) is 12.1. The van der Waals surface area contributed by atoms with Crippen molar-refractivity contribution in [1.29, 1.82) is 5.26 Å². The third-order valence-corrected chi connectivity index (χ3v) is 4.49. The molecule has 0 aromatic carbocycles. The van der Waals surface area contributed by atoms with Crippen molar-refractivity contribution in [2.45, 2.75) is 44.4 Å². The lowest BCUT2D eigenvalue weighted by molar-refractivity contribution is -0.119. The second kappa shape index (κ2) is 5.97. The SMILES string of the molecule is N#CC(C(=O)CCC1CCCC1)c1cccs1. The molecule has 0 spiro atoms. The van der Waals surface area contributed by atoms with Gasteiger partial charge in [0.15, 0.2) is 5.78 Å². The summed E-state index contributed by atoms with van der Waals surface area (Å²) in [7, 11) is 0. The van der Waals surface area contributed by atoms with E-state index in [4.69, 9.17) is 5.26 Å². The van der Waals surface area contributed by atoms with Crippen LogP contribution in [0.3, 0.4) is 0 Å². The molecule has 1 aliphatic carbocycles. The Labute approximate surface area is 106 Å². The molecule has 1 aromatic heterocycles. The van der Waals surface area contributed by atoms with E-state index in [2.05, 4.69) is 6.07 Å². The third kappa shape index (κ3) is 3.17. The number of rotatable bonds is 5. The fourth-order valence-electron chi connectivity index (χ4n) is 2.54. The summed E-state index contributed by atoms with van der Waals surface area (Å²) in [5.41, 5.74) is 0. The highest BCUT2D eigenvalue weighted by molar-refractivity contribution is 7.10. The van der Waals surface area contributed by atoms with Crippen LogP contribution < -0.4 is 0 Å². The Kier molecular flexibility index (Phi) is 4.33. The van der Waals surface area contributed by atoms with Crippen LogP contribution >= 0.6 is 11.3 Å². The molecule has 0 N–H and O–H groups in total. The van der Waals surface area contributed by atoms with Gasteiger partial charge >= 0.3 is 0 Å². The zero-order valence-electron chi connectivity index (χ0n) is 9.89. The number of ketones is 1. The summed E-state index contributed by atoms with van der Waals surface area (Å²) in [5.74, 6) is 0.292. The first kappa shape index (κ1) is 12.3. The van der Waals surface area contributed by atoms with Gasteiger partial charge in [0.25, 0.3) is 0 Å². The standard InChI is InChI=1S/C14H17NOS/c15-10-12(14-6-3-9-17-14)13(16)8-7-11-4-1-2-5-11/h3,6,9,11-12H,1-2,4-5,7-8H2. The molecule has 1 aliphatic rings. The van der Waals surface area contributed by atoms with Gasteiger partial charge in [-0.25, -0.2) is 0 Å². The van der Waals surface area contributed by atoms with Crippen molar-refractivity contribution in [3.05, 3.63) is 22.4 Å². The molecule has 0 bridgehead atoms. The number of Topliss-reactive ketones (excluding diaryl/α,β-unsaturated/α-hetero) is 1. The minimum atomic E-state index is -0.531. The van der Waals surface area contributed by atoms with Gasteiger partial charge < -0.3 is 0 Å². The van der Waals surface area contributed by atoms with Gasteiger partial charge in [-0.1, -0.05) is 31.7 Å². The highest BCUT2D eigenvalue weighted by Crippen LogP contribution is 2.30. The molecule has 1 aromatic rings. The fourth-order valence-corrected chi connectivity index (χ4v) is 3.33. The number of nitrogens with zero attached hydrogens (tertiary/aromatic N) is 1. The summed E-state index contributed by atoms with van der Waals surface area (Å²) in [6, 6.07) is 5.92. The van der Waals surface area contributed by atoms with Crippen molar-refractivity contribution < 1.29 is 4.79 Å².